The molecule has 0 aromatic heterocycles. The molecule has 1 atom stereocenters. The highest BCUT2D eigenvalue weighted by Gasteiger charge is 2.35. The second-order valence-electron chi connectivity index (χ2n) is 4.05. The summed E-state index contributed by atoms with van der Waals surface area (Å²) in [5, 5.41) is 15.4. The van der Waals surface area contributed by atoms with Crippen molar-refractivity contribution >= 4 is 5.91 Å². The van der Waals surface area contributed by atoms with E-state index in [4.69, 9.17) is 4.74 Å². The maximum atomic E-state index is 11.5. The Morgan fingerprint density at radius 3 is 2.93 bits per heavy atom. The minimum Gasteiger partial charge on any atom is -0.385 e. The first kappa shape index (κ1) is 9.89. The van der Waals surface area contributed by atoms with Crippen LogP contribution in [0, 0.1) is 0 Å². The van der Waals surface area contributed by atoms with Crippen LogP contribution in [0.4, 0.5) is 0 Å². The van der Waals surface area contributed by atoms with Crippen LogP contribution in [-0.4, -0.2) is 49.0 Å². The topological polar surface area (TPSA) is 70.6 Å². The molecule has 0 aromatic carbocycles. The third-order valence-electron chi connectivity index (χ3n) is 2.72. The second kappa shape index (κ2) is 3.84. The van der Waals surface area contributed by atoms with E-state index in [2.05, 4.69) is 10.6 Å². The van der Waals surface area contributed by atoms with E-state index in [0.717, 1.165) is 12.8 Å². The first-order valence-electron chi connectivity index (χ1n) is 5.02. The van der Waals surface area contributed by atoms with Gasteiger partial charge < -0.3 is 20.5 Å². The van der Waals surface area contributed by atoms with Gasteiger partial charge in [-0.3, -0.25) is 4.79 Å². The highest BCUT2D eigenvalue weighted by atomic mass is 16.5. The number of β-amino-alcohol motifs (C(OH)–C–C–N with tert-alkyl or cyclic N) is 1. The van der Waals surface area contributed by atoms with Crippen LogP contribution in [0.5, 0.6) is 0 Å². The van der Waals surface area contributed by atoms with Crippen molar-refractivity contribution in [1.82, 2.24) is 10.6 Å². The molecule has 2 aliphatic rings. The molecule has 0 radical (unpaired) electrons. The van der Waals surface area contributed by atoms with Crippen LogP contribution in [0.2, 0.25) is 0 Å². The molecule has 5 heteroatoms. The molecule has 2 fully saturated rings. The summed E-state index contributed by atoms with van der Waals surface area (Å²) in [4.78, 5) is 11.5. The zero-order valence-electron chi connectivity index (χ0n) is 8.08. The zero-order chi connectivity index (χ0) is 10.0. The Morgan fingerprint density at radius 1 is 1.64 bits per heavy atom. The van der Waals surface area contributed by atoms with Gasteiger partial charge in [-0.15, -0.1) is 0 Å². The SMILES string of the molecule is O=C(NCC1(O)CNC1)[C@H]1CCCO1. The van der Waals surface area contributed by atoms with Crippen molar-refractivity contribution in [2.75, 3.05) is 26.2 Å². The van der Waals surface area contributed by atoms with E-state index in [1.165, 1.54) is 0 Å². The van der Waals surface area contributed by atoms with Crippen molar-refractivity contribution in [1.29, 1.82) is 0 Å². The van der Waals surface area contributed by atoms with E-state index in [-0.39, 0.29) is 12.0 Å². The average molecular weight is 200 g/mol. The molecule has 0 aliphatic carbocycles. The molecule has 0 aromatic rings. The van der Waals surface area contributed by atoms with Gasteiger partial charge in [-0.05, 0) is 12.8 Å². The summed E-state index contributed by atoms with van der Waals surface area (Å²) in [6.45, 7) is 2.10. The molecule has 2 rings (SSSR count). The fraction of sp³-hybridized carbons (Fsp3) is 0.889. The van der Waals surface area contributed by atoms with Crippen molar-refractivity contribution < 1.29 is 14.6 Å². The van der Waals surface area contributed by atoms with Crippen molar-refractivity contribution in [3.63, 3.8) is 0 Å². The smallest absolute Gasteiger partial charge is 0.249 e. The number of nitrogens with one attached hydrogen (secondary N) is 2. The average Bonchev–Trinajstić information content (AvgIpc) is 2.63. The summed E-state index contributed by atoms with van der Waals surface area (Å²) < 4.78 is 5.22. The zero-order valence-corrected chi connectivity index (χ0v) is 8.08. The van der Waals surface area contributed by atoms with E-state index in [1.54, 1.807) is 0 Å². The monoisotopic (exact) mass is 200 g/mol. The molecule has 0 bridgehead atoms. The van der Waals surface area contributed by atoms with Gasteiger partial charge in [-0.2, -0.15) is 0 Å². The molecule has 80 valence electrons. The van der Waals surface area contributed by atoms with Crippen molar-refractivity contribution in [3.8, 4) is 0 Å². The number of carbonyl (C=O) groups excluding carboxylic acids is 1. The van der Waals surface area contributed by atoms with Gasteiger partial charge in [0.25, 0.3) is 0 Å². The highest BCUT2D eigenvalue weighted by molar-refractivity contribution is 5.81. The minimum absolute atomic E-state index is 0.0946. The summed E-state index contributed by atoms with van der Waals surface area (Å²) in [5.74, 6) is -0.0946. The molecule has 5 nitrogen and oxygen atoms in total. The van der Waals surface area contributed by atoms with Crippen LogP contribution in [0.25, 0.3) is 0 Å². The third-order valence-corrected chi connectivity index (χ3v) is 2.72. The van der Waals surface area contributed by atoms with E-state index >= 15 is 0 Å². The second-order valence-corrected chi connectivity index (χ2v) is 4.05. The first-order valence-corrected chi connectivity index (χ1v) is 5.02. The van der Waals surface area contributed by atoms with E-state index in [9.17, 15) is 9.90 Å². The normalized spacial score (nSPS) is 29.6. The Bertz CT molecular complexity index is 222. The summed E-state index contributed by atoms with van der Waals surface area (Å²) >= 11 is 0. The van der Waals surface area contributed by atoms with E-state index in [0.29, 0.717) is 26.2 Å². The van der Waals surface area contributed by atoms with Crippen molar-refractivity contribution in [3.05, 3.63) is 0 Å². The first-order chi connectivity index (χ1) is 6.70. The highest BCUT2D eigenvalue weighted by Crippen LogP contribution is 2.13. The number of carbonyl (C=O) groups is 1. The molecule has 0 unspecified atom stereocenters. The molecule has 2 saturated heterocycles. The Hall–Kier alpha value is -0.650. The van der Waals surface area contributed by atoms with Gasteiger partial charge in [0.15, 0.2) is 0 Å². The number of amides is 1. The maximum Gasteiger partial charge on any atom is 0.249 e. The van der Waals surface area contributed by atoms with Crippen molar-refractivity contribution in [2.45, 2.75) is 24.5 Å². The Labute approximate surface area is 82.8 Å². The fourth-order valence-electron chi connectivity index (χ4n) is 1.69. The van der Waals surface area contributed by atoms with Gasteiger partial charge in [0.1, 0.15) is 11.7 Å². The molecule has 2 aliphatic heterocycles. The molecule has 14 heavy (non-hydrogen) atoms. The maximum absolute atomic E-state index is 11.5. The summed E-state index contributed by atoms with van der Waals surface area (Å²) in [6.07, 6.45) is 1.44. The molecular weight excluding hydrogens is 184 g/mol. The number of hydrogen-bond donors (Lipinski definition) is 3. The lowest BCUT2D eigenvalue weighted by Crippen LogP contribution is -2.65. The van der Waals surface area contributed by atoms with Crippen LogP contribution in [0.15, 0.2) is 0 Å². The third kappa shape index (κ3) is 2.05. The molecular formula is C9H16N2O3. The van der Waals surface area contributed by atoms with Crippen LogP contribution in [0.3, 0.4) is 0 Å². The molecule has 0 saturated carbocycles. The molecule has 0 spiro atoms. The van der Waals surface area contributed by atoms with E-state index in [1.807, 2.05) is 0 Å². The Kier molecular flexibility index (Phi) is 2.71. The van der Waals surface area contributed by atoms with Crippen molar-refractivity contribution in [2.24, 2.45) is 0 Å². The lowest BCUT2D eigenvalue weighted by molar-refractivity contribution is -0.131. The van der Waals surface area contributed by atoms with Crippen LogP contribution >= 0.6 is 0 Å². The predicted molar refractivity (Wildman–Crippen MR) is 49.8 cm³/mol. The van der Waals surface area contributed by atoms with Gasteiger partial charge >= 0.3 is 0 Å². The summed E-state index contributed by atoms with van der Waals surface area (Å²) in [5.41, 5.74) is -0.742. The van der Waals surface area contributed by atoms with Gasteiger partial charge in [0, 0.05) is 26.2 Å². The van der Waals surface area contributed by atoms with Crippen LogP contribution < -0.4 is 10.6 Å². The quantitative estimate of drug-likeness (QED) is 0.525. The number of ether oxygens (including phenoxy) is 1. The Morgan fingerprint density at radius 2 is 2.43 bits per heavy atom. The fourth-order valence-corrected chi connectivity index (χ4v) is 1.69. The molecule has 2 heterocycles. The molecule has 3 N–H and O–H groups in total. The Balaban J connectivity index is 1.71. The predicted octanol–water partition coefficient (Wildman–Crippen LogP) is -1.38. The van der Waals surface area contributed by atoms with Gasteiger partial charge in [0.05, 0.1) is 0 Å². The number of aliphatic hydroxyl groups is 1. The lowest BCUT2D eigenvalue weighted by atomic mass is 9.97. The standard InChI is InChI=1S/C9H16N2O3/c12-8(7-2-1-3-14-7)11-6-9(13)4-10-5-9/h7,10,13H,1-6H2,(H,11,12)/t7-/m1/s1. The number of rotatable bonds is 3. The van der Waals surface area contributed by atoms with E-state index < -0.39 is 5.60 Å². The largest absolute Gasteiger partial charge is 0.385 e. The number of hydrogen-bond acceptors (Lipinski definition) is 4. The van der Waals surface area contributed by atoms with Crippen LogP contribution in [-0.2, 0) is 9.53 Å². The summed E-state index contributed by atoms with van der Waals surface area (Å²) in [6, 6.07) is 0. The van der Waals surface area contributed by atoms with Crippen LogP contribution in [0.1, 0.15) is 12.8 Å². The lowest BCUT2D eigenvalue weighted by Gasteiger charge is -2.37. The summed E-state index contributed by atoms with van der Waals surface area (Å²) in [7, 11) is 0. The van der Waals surface area contributed by atoms with Gasteiger partial charge in [0.2, 0.25) is 5.91 Å². The minimum atomic E-state index is -0.742. The van der Waals surface area contributed by atoms with Gasteiger partial charge in [-0.25, -0.2) is 0 Å². The van der Waals surface area contributed by atoms with Gasteiger partial charge in [-0.1, -0.05) is 0 Å². The molecule has 1 amide bonds.